The second-order valence-electron chi connectivity index (χ2n) is 22.1. The summed E-state index contributed by atoms with van der Waals surface area (Å²) in [6.45, 7) is 23.1. The Kier molecular flexibility index (Phi) is 14.3. The highest BCUT2D eigenvalue weighted by Crippen LogP contribution is 2.75. The molecule has 2 nitrogen and oxygen atoms in total. The zero-order chi connectivity index (χ0) is 37.7. The third-order valence-electron chi connectivity index (χ3n) is 17.8. The predicted octanol–water partition coefficient (Wildman–Crippen LogP) is 15.8. The van der Waals surface area contributed by atoms with Crippen LogP contribution in [-0.2, 0) is 9.53 Å². The van der Waals surface area contributed by atoms with Crippen LogP contribution in [0.4, 0.5) is 0 Å². The zero-order valence-corrected chi connectivity index (χ0v) is 36.5. The topological polar surface area (TPSA) is 26.3 Å². The van der Waals surface area contributed by atoms with Crippen LogP contribution in [0.25, 0.3) is 0 Å². The van der Waals surface area contributed by atoms with Gasteiger partial charge in [-0.05, 0) is 115 Å². The molecule has 4 saturated carbocycles. The van der Waals surface area contributed by atoms with Crippen LogP contribution in [0.15, 0.2) is 11.6 Å². The second-order valence-corrected chi connectivity index (χ2v) is 22.1. The Morgan fingerprint density at radius 3 is 1.75 bits per heavy atom. The summed E-state index contributed by atoms with van der Waals surface area (Å²) in [5, 5.41) is 0. The smallest absolute Gasteiger partial charge is 0.306 e. The Balaban J connectivity index is 1.03. The highest BCUT2D eigenvalue weighted by molar-refractivity contribution is 5.69. The van der Waals surface area contributed by atoms with Crippen molar-refractivity contribution in [3.05, 3.63) is 11.6 Å². The normalized spacial score (nSPS) is 37.6. The molecule has 0 aromatic rings. The first-order valence-electron chi connectivity index (χ1n) is 23.5. The van der Waals surface area contributed by atoms with Crippen LogP contribution in [0.1, 0.15) is 242 Å². The molecule has 0 heterocycles. The fraction of sp³-hybridized carbons (Fsp3) is 0.940. The molecule has 2 heteroatoms. The van der Waals surface area contributed by atoms with E-state index >= 15 is 0 Å². The van der Waals surface area contributed by atoms with Gasteiger partial charge in [-0.15, -0.1) is 0 Å². The first-order chi connectivity index (χ1) is 24.6. The third-order valence-corrected chi connectivity index (χ3v) is 17.8. The summed E-state index contributed by atoms with van der Waals surface area (Å²) >= 11 is 0. The van der Waals surface area contributed by atoms with Crippen molar-refractivity contribution in [2.24, 2.45) is 50.2 Å². The highest BCUT2D eigenvalue weighted by atomic mass is 16.5. The maximum Gasteiger partial charge on any atom is 0.306 e. The largest absolute Gasteiger partial charge is 0.462 e. The number of rotatable bonds is 19. The average Bonchev–Trinajstić information content (AvgIpc) is 3.08. The lowest BCUT2D eigenvalue weighted by Crippen LogP contribution is -2.64. The molecule has 8 atom stereocenters. The summed E-state index contributed by atoms with van der Waals surface area (Å²) in [6, 6.07) is 0. The molecule has 0 spiro atoms. The number of carbonyl (C=O) groups excluding carboxylic acids is 1. The molecule has 0 aromatic carbocycles. The van der Waals surface area contributed by atoms with Crippen LogP contribution in [0.2, 0.25) is 0 Å². The summed E-state index contributed by atoms with van der Waals surface area (Å²) in [5.41, 5.74) is 3.87. The minimum absolute atomic E-state index is 0.0294. The number of hydrogen-bond donors (Lipinski definition) is 0. The molecule has 0 N–H and O–H groups in total. The van der Waals surface area contributed by atoms with Gasteiger partial charge >= 0.3 is 5.97 Å². The number of unbranched alkanes of at least 4 members (excludes halogenated alkanes) is 16. The molecule has 5 aliphatic carbocycles. The standard InChI is InChI=1S/C50H88O2/c1-10-11-12-13-14-15-16-17-18-19-20-21-22-23-24-25-26-27-44(51)52-43-31-32-48(7)41(46(43,4)5)30-33-50(9)42(48)29-28-39-40-38-45(2,3)34-35-47(40,6)36-37-49(39,50)8/h28,40-43H,10-27,29-38H2,1-9H3/t40-,41-,42+,43-,47+,48-,49+,50+/m0/s1. The van der Waals surface area contributed by atoms with Gasteiger partial charge in [0.1, 0.15) is 6.10 Å². The van der Waals surface area contributed by atoms with Crippen LogP contribution in [0.5, 0.6) is 0 Å². The SMILES string of the molecule is CCCCCCCCCCCCCCCCCCCC(=O)O[C@H]1CC[C@]2(C)[C@H]3CC=C4[C@@H]5CC(C)(C)CC[C@]5(C)CC[C@@]4(C)[C@]3(C)CC[C@H]2C1(C)C. The van der Waals surface area contributed by atoms with Crippen molar-refractivity contribution in [3.63, 3.8) is 0 Å². The van der Waals surface area contributed by atoms with E-state index in [2.05, 4.69) is 68.4 Å². The number of carbonyl (C=O) groups is 1. The van der Waals surface area contributed by atoms with Gasteiger partial charge in [0.15, 0.2) is 0 Å². The van der Waals surface area contributed by atoms with E-state index in [4.69, 9.17) is 4.74 Å². The number of allylic oxidation sites excluding steroid dienone is 2. The van der Waals surface area contributed by atoms with Gasteiger partial charge in [-0.25, -0.2) is 0 Å². The molecule has 0 amide bonds. The summed E-state index contributed by atoms with van der Waals surface area (Å²) in [5.74, 6) is 2.18. The van der Waals surface area contributed by atoms with Crippen LogP contribution in [-0.4, -0.2) is 12.1 Å². The fourth-order valence-electron chi connectivity index (χ4n) is 13.9. The summed E-state index contributed by atoms with van der Waals surface area (Å²) in [6.07, 6.45) is 39.9. The molecule has 0 aliphatic heterocycles. The fourth-order valence-corrected chi connectivity index (χ4v) is 13.9. The van der Waals surface area contributed by atoms with Gasteiger partial charge in [0.05, 0.1) is 0 Å². The van der Waals surface area contributed by atoms with Gasteiger partial charge in [0, 0.05) is 11.8 Å². The second kappa shape index (κ2) is 17.6. The summed E-state index contributed by atoms with van der Waals surface area (Å²) in [7, 11) is 0. The molecule has 52 heavy (non-hydrogen) atoms. The van der Waals surface area contributed by atoms with E-state index in [9.17, 15) is 4.79 Å². The lowest BCUT2D eigenvalue weighted by Gasteiger charge is -2.71. The third kappa shape index (κ3) is 8.92. The molecule has 5 rings (SSSR count). The van der Waals surface area contributed by atoms with Crippen molar-refractivity contribution in [3.8, 4) is 0 Å². The van der Waals surface area contributed by atoms with Gasteiger partial charge in [-0.3, -0.25) is 4.79 Å². The number of fused-ring (bicyclic) bond motifs is 7. The van der Waals surface area contributed by atoms with E-state index in [0.29, 0.717) is 39.4 Å². The van der Waals surface area contributed by atoms with Crippen LogP contribution >= 0.6 is 0 Å². The van der Waals surface area contributed by atoms with Crippen molar-refractivity contribution in [1.29, 1.82) is 0 Å². The minimum atomic E-state index is 0.0294. The van der Waals surface area contributed by atoms with Crippen molar-refractivity contribution in [2.75, 3.05) is 0 Å². The molecule has 0 radical (unpaired) electrons. The van der Waals surface area contributed by atoms with E-state index in [1.54, 1.807) is 0 Å². The molecule has 0 bridgehead atoms. The Labute approximate surface area is 324 Å². The summed E-state index contributed by atoms with van der Waals surface area (Å²) in [4.78, 5) is 13.2. The zero-order valence-electron chi connectivity index (χ0n) is 36.5. The first kappa shape index (κ1) is 42.4. The molecule has 300 valence electrons. The molecule has 0 aromatic heterocycles. The van der Waals surface area contributed by atoms with Crippen LogP contribution in [0.3, 0.4) is 0 Å². The Bertz CT molecular complexity index is 1180. The van der Waals surface area contributed by atoms with E-state index in [-0.39, 0.29) is 17.5 Å². The lowest BCUT2D eigenvalue weighted by atomic mass is 9.33. The number of ether oxygens (including phenoxy) is 1. The molecule has 0 unspecified atom stereocenters. The predicted molar refractivity (Wildman–Crippen MR) is 223 cm³/mol. The molecule has 4 fully saturated rings. The van der Waals surface area contributed by atoms with Crippen LogP contribution < -0.4 is 0 Å². The van der Waals surface area contributed by atoms with E-state index in [1.807, 2.05) is 5.57 Å². The molecule has 5 aliphatic rings. The molecule has 0 saturated heterocycles. The maximum absolute atomic E-state index is 13.2. The van der Waals surface area contributed by atoms with E-state index in [1.165, 1.54) is 161 Å². The Hall–Kier alpha value is -0.790. The average molecular weight is 721 g/mol. The Morgan fingerprint density at radius 1 is 0.635 bits per heavy atom. The quantitative estimate of drug-likeness (QED) is 0.0754. The van der Waals surface area contributed by atoms with Gasteiger partial charge < -0.3 is 4.74 Å². The molecular formula is C50H88O2. The monoisotopic (exact) mass is 721 g/mol. The highest BCUT2D eigenvalue weighted by Gasteiger charge is 2.68. The molecular weight excluding hydrogens is 633 g/mol. The lowest BCUT2D eigenvalue weighted by molar-refractivity contribution is -0.212. The number of hydrogen-bond acceptors (Lipinski definition) is 2. The van der Waals surface area contributed by atoms with Gasteiger partial charge in [0.2, 0.25) is 0 Å². The number of esters is 1. The van der Waals surface area contributed by atoms with Gasteiger partial charge in [-0.1, -0.05) is 177 Å². The van der Waals surface area contributed by atoms with Gasteiger partial charge in [-0.2, -0.15) is 0 Å². The summed E-state index contributed by atoms with van der Waals surface area (Å²) < 4.78 is 6.44. The Morgan fingerprint density at radius 2 is 1.17 bits per heavy atom. The maximum atomic E-state index is 13.2. The van der Waals surface area contributed by atoms with Gasteiger partial charge in [0.25, 0.3) is 0 Å². The van der Waals surface area contributed by atoms with Crippen molar-refractivity contribution < 1.29 is 9.53 Å². The van der Waals surface area contributed by atoms with Crippen LogP contribution in [0, 0.1) is 50.2 Å². The van der Waals surface area contributed by atoms with Crippen molar-refractivity contribution >= 4 is 5.97 Å². The minimum Gasteiger partial charge on any atom is -0.462 e. The first-order valence-corrected chi connectivity index (χ1v) is 23.5. The van der Waals surface area contributed by atoms with Crippen molar-refractivity contribution in [1.82, 2.24) is 0 Å². The van der Waals surface area contributed by atoms with Crippen molar-refractivity contribution in [2.45, 2.75) is 248 Å². The van der Waals surface area contributed by atoms with E-state index in [0.717, 1.165) is 24.7 Å². The van der Waals surface area contributed by atoms with E-state index < -0.39 is 0 Å².